The Hall–Kier alpha value is -4.17. The quantitative estimate of drug-likeness (QED) is 0.0417. The van der Waals surface area contributed by atoms with Crippen molar-refractivity contribution >= 4 is 25.7 Å². The van der Waals surface area contributed by atoms with Crippen LogP contribution in [0.15, 0.2) is 82.1 Å². The first-order valence-electron chi connectivity index (χ1n) is 19.0. The number of hydrogen-bond acceptors (Lipinski definition) is 9. The van der Waals surface area contributed by atoms with Gasteiger partial charge in [0.25, 0.3) is 5.69 Å². The molecule has 0 bridgehead atoms. The van der Waals surface area contributed by atoms with Crippen LogP contribution in [0.4, 0.5) is 80.3 Å². The third kappa shape index (κ3) is 10.2. The molecule has 12 nitrogen and oxygen atoms in total. The van der Waals surface area contributed by atoms with E-state index in [1.54, 1.807) is 0 Å². The highest BCUT2D eigenvalue weighted by atomic mass is 32.2. The molecule has 0 spiro atoms. The van der Waals surface area contributed by atoms with Crippen molar-refractivity contribution in [2.45, 2.75) is 109 Å². The Kier molecular flexibility index (Phi) is 15.9. The van der Waals surface area contributed by atoms with Crippen LogP contribution in [0.2, 0.25) is 0 Å². The lowest BCUT2D eigenvalue weighted by molar-refractivity contribution is -0.461. The van der Waals surface area contributed by atoms with E-state index in [1.807, 2.05) is 0 Å². The second-order valence-electron chi connectivity index (χ2n) is 15.3. The Bertz CT molecular complexity index is 2420. The minimum Gasteiger partial charge on any atom is -0.364 e. The summed E-state index contributed by atoms with van der Waals surface area (Å²) in [5.74, 6) is -58.2. The molecule has 0 amide bonds. The number of nitrogens with zero attached hydrogens (tertiary/aromatic N) is 3. The average molecular weight is 1050 g/mol. The number of sulfonamides is 2. The van der Waals surface area contributed by atoms with Gasteiger partial charge < -0.3 is 14.2 Å². The van der Waals surface area contributed by atoms with Crippen molar-refractivity contribution < 1.29 is 111 Å². The van der Waals surface area contributed by atoms with Crippen LogP contribution in [0.3, 0.4) is 0 Å². The fraction of sp³-hybridized carbons (Fsp3) is 0.568. The van der Waals surface area contributed by atoms with Gasteiger partial charge >= 0.3 is 47.6 Å². The summed E-state index contributed by atoms with van der Waals surface area (Å²) < 4.78 is 309. The number of halogens is 17. The predicted octanol–water partition coefficient (Wildman–Crippen LogP) is 9.02. The highest BCUT2D eigenvalue weighted by molar-refractivity contribution is 7.89. The SMILES string of the molecule is CO[C@@H](O[C@H]1C=CC[C@H](C)N(S(=O)(=O)c2ccc([N+](=O)[O-])cc2)C1)[C@H]1C=C(CN(CCC(F)(F)C(F)(F)C(F)(F)C(F)(F)C(F)(F)C(F)(F)C(F)(F)C(F)(F)F)S(=O)(=O)c2ccc(C)cc2)CO1. The number of hydrogen-bond donors (Lipinski definition) is 0. The lowest BCUT2D eigenvalue weighted by atomic mass is 9.88. The van der Waals surface area contributed by atoms with Crippen LogP contribution in [0, 0.1) is 17.0 Å². The molecule has 0 saturated carbocycles. The fourth-order valence-electron chi connectivity index (χ4n) is 6.48. The molecule has 0 N–H and O–H groups in total. The molecule has 0 unspecified atom stereocenters. The maximum absolute atomic E-state index is 15.1. The van der Waals surface area contributed by atoms with Gasteiger partial charge in [-0.25, -0.2) is 16.8 Å². The molecule has 2 heterocycles. The van der Waals surface area contributed by atoms with Gasteiger partial charge in [-0.1, -0.05) is 29.8 Å². The zero-order valence-corrected chi connectivity index (χ0v) is 36.3. The fourth-order valence-corrected chi connectivity index (χ4v) is 9.58. The molecule has 2 aliphatic rings. The van der Waals surface area contributed by atoms with Crippen LogP contribution in [0.5, 0.6) is 0 Å². The van der Waals surface area contributed by atoms with Gasteiger partial charge in [-0.05, 0) is 56.2 Å². The topological polar surface area (TPSA) is 146 Å². The Morgan fingerprint density at radius 3 is 1.78 bits per heavy atom. The molecule has 2 aromatic carbocycles. The van der Waals surface area contributed by atoms with Gasteiger partial charge in [0.15, 0.2) is 6.29 Å². The number of non-ortho nitro benzene ring substituents is 1. The van der Waals surface area contributed by atoms with Gasteiger partial charge in [-0.2, -0.15) is 83.2 Å². The van der Waals surface area contributed by atoms with E-state index in [-0.39, 0.29) is 21.2 Å². The van der Waals surface area contributed by atoms with Gasteiger partial charge in [-0.15, -0.1) is 0 Å². The van der Waals surface area contributed by atoms with E-state index in [0.717, 1.165) is 66.0 Å². The molecule has 0 fully saturated rings. The second-order valence-corrected chi connectivity index (χ2v) is 19.1. The maximum atomic E-state index is 15.1. The van der Waals surface area contributed by atoms with Crippen LogP contribution in [0.1, 0.15) is 25.3 Å². The highest BCUT2D eigenvalue weighted by Gasteiger charge is 2.95. The van der Waals surface area contributed by atoms with Crippen molar-refractivity contribution in [1.82, 2.24) is 8.61 Å². The molecule has 2 aliphatic heterocycles. The summed E-state index contributed by atoms with van der Waals surface area (Å²) in [5.41, 5.74) is -0.331. The van der Waals surface area contributed by atoms with Crippen molar-refractivity contribution in [1.29, 1.82) is 0 Å². The summed E-state index contributed by atoms with van der Waals surface area (Å²) in [6.07, 6.45) is -11.0. The largest absolute Gasteiger partial charge is 0.460 e. The Morgan fingerprint density at radius 2 is 1.28 bits per heavy atom. The molecule has 2 aromatic rings. The number of nitro groups is 1. The van der Waals surface area contributed by atoms with E-state index in [2.05, 4.69) is 0 Å². The smallest absolute Gasteiger partial charge is 0.364 e. The summed E-state index contributed by atoms with van der Waals surface area (Å²) in [6.45, 7) is -1.54. The van der Waals surface area contributed by atoms with Crippen LogP contribution in [-0.2, 0) is 34.3 Å². The molecule has 0 saturated heterocycles. The van der Waals surface area contributed by atoms with Crippen molar-refractivity contribution in [2.75, 3.05) is 33.4 Å². The minimum atomic E-state index is -8.84. The van der Waals surface area contributed by atoms with Gasteiger partial charge in [0.2, 0.25) is 20.0 Å². The number of ether oxygens (including phenoxy) is 3. The number of alkyl halides is 17. The molecule has 384 valence electrons. The van der Waals surface area contributed by atoms with E-state index in [0.29, 0.717) is 5.56 Å². The summed E-state index contributed by atoms with van der Waals surface area (Å²) in [6, 6.07) is 7.05. The Balaban J connectivity index is 1.62. The van der Waals surface area contributed by atoms with E-state index in [4.69, 9.17) is 14.2 Å². The third-order valence-electron chi connectivity index (χ3n) is 10.5. The number of methoxy groups -OCH3 is 1. The number of aryl methyl sites for hydroxylation is 1. The number of rotatable bonds is 20. The normalized spacial score (nSPS) is 20.7. The molecule has 0 aromatic heterocycles. The van der Waals surface area contributed by atoms with E-state index < -0.39 is 140 Å². The van der Waals surface area contributed by atoms with Gasteiger partial charge in [0.05, 0.1) is 27.4 Å². The molecule has 68 heavy (non-hydrogen) atoms. The van der Waals surface area contributed by atoms with Crippen molar-refractivity contribution in [2.24, 2.45) is 0 Å². The molecule has 4 atom stereocenters. The van der Waals surface area contributed by atoms with Gasteiger partial charge in [-0.3, -0.25) is 10.1 Å². The summed E-state index contributed by atoms with van der Waals surface area (Å²) in [5, 5.41) is 11.1. The average Bonchev–Trinajstić information content (AvgIpc) is 3.61. The standard InChI is InChI=1S/C37H36F17N3O9S2/c1-21-7-11-26(12-8-21)67(60,61)55(16-15-30(38,39)31(40,41)32(42,43)33(44,45)34(46,47)35(48,49)36(50,51)37(52,53)54)18-23-17-28(65-20-23)29(64-3)66-25-6-4-5-22(2)56(19-25)68(62,63)27-13-9-24(10-14-27)57(58)59/h4,6-14,17,22,25,28-29H,5,15-16,18-20H2,1-3H3/t22-,25-,28+,29-/m0/s1. The monoisotopic (exact) mass is 1050 g/mol. The van der Waals surface area contributed by atoms with Gasteiger partial charge in [0, 0.05) is 51.3 Å². The van der Waals surface area contributed by atoms with Gasteiger partial charge in [0.1, 0.15) is 6.10 Å². The van der Waals surface area contributed by atoms with Crippen molar-refractivity contribution in [3.8, 4) is 0 Å². The first-order chi connectivity index (χ1) is 30.8. The Morgan fingerprint density at radius 1 is 0.779 bits per heavy atom. The third-order valence-corrected chi connectivity index (χ3v) is 14.4. The number of nitro benzene ring substituents is 1. The van der Waals surface area contributed by atoms with E-state index >= 15 is 8.78 Å². The lowest BCUT2D eigenvalue weighted by Gasteiger charge is -2.43. The first kappa shape index (κ1) is 56.4. The van der Waals surface area contributed by atoms with Crippen LogP contribution >= 0.6 is 0 Å². The van der Waals surface area contributed by atoms with Crippen LogP contribution < -0.4 is 0 Å². The second kappa shape index (κ2) is 19.2. The lowest BCUT2D eigenvalue weighted by Crippen LogP contribution is -2.74. The Labute approximate surface area is 374 Å². The summed E-state index contributed by atoms with van der Waals surface area (Å²) in [7, 11) is -8.60. The predicted molar refractivity (Wildman–Crippen MR) is 199 cm³/mol. The zero-order chi connectivity index (χ0) is 52.1. The summed E-state index contributed by atoms with van der Waals surface area (Å²) in [4.78, 5) is 9.16. The van der Waals surface area contributed by atoms with Crippen molar-refractivity contribution in [3.63, 3.8) is 0 Å². The minimum absolute atomic E-state index is 0.118. The zero-order valence-electron chi connectivity index (χ0n) is 34.7. The molecule has 0 aliphatic carbocycles. The molecular weight excluding hydrogens is 1020 g/mol. The molecule has 4 rings (SSSR count). The first-order valence-corrected chi connectivity index (χ1v) is 21.8. The molecule has 0 radical (unpaired) electrons. The number of benzene rings is 2. The van der Waals surface area contributed by atoms with Crippen molar-refractivity contribution in [3.05, 3.63) is 88.0 Å². The molecular formula is C37H36F17N3O9S2. The summed E-state index contributed by atoms with van der Waals surface area (Å²) >= 11 is 0. The maximum Gasteiger partial charge on any atom is 0.460 e. The molecule has 31 heteroatoms. The van der Waals surface area contributed by atoms with E-state index in [1.165, 1.54) is 26.0 Å². The highest BCUT2D eigenvalue weighted by Crippen LogP contribution is 2.64. The van der Waals surface area contributed by atoms with Crippen LogP contribution in [-0.4, -0.2) is 136 Å². The van der Waals surface area contributed by atoms with Crippen LogP contribution in [0.25, 0.3) is 0 Å². The van der Waals surface area contributed by atoms with E-state index in [9.17, 15) is 92.8 Å².